The number of hydrogen-bond donors (Lipinski definition) is 1. The molecule has 0 radical (unpaired) electrons. The van der Waals surface area contributed by atoms with E-state index in [1.54, 1.807) is 17.8 Å². The first-order valence-corrected chi connectivity index (χ1v) is 9.07. The van der Waals surface area contributed by atoms with Crippen LogP contribution in [0.1, 0.15) is 24.1 Å². The Balaban J connectivity index is 1.76. The van der Waals surface area contributed by atoms with E-state index in [9.17, 15) is 14.4 Å². The topological polar surface area (TPSA) is 93.5 Å². The van der Waals surface area contributed by atoms with Crippen LogP contribution in [0, 0.1) is 18.8 Å². The maximum absolute atomic E-state index is 12.8. The Hall–Kier alpha value is -3.00. The van der Waals surface area contributed by atoms with Crippen molar-refractivity contribution in [2.75, 3.05) is 14.2 Å². The molecule has 28 heavy (non-hydrogen) atoms. The van der Waals surface area contributed by atoms with E-state index in [2.05, 4.69) is 10.4 Å². The molecule has 1 aromatic heterocycles. The molecule has 8 heteroatoms. The fourth-order valence-electron chi connectivity index (χ4n) is 4.42. The van der Waals surface area contributed by atoms with E-state index in [4.69, 9.17) is 4.74 Å². The highest BCUT2D eigenvalue weighted by Gasteiger charge is 2.66. The minimum Gasteiger partial charge on any atom is -0.468 e. The number of esters is 1. The van der Waals surface area contributed by atoms with Crippen LogP contribution in [0.4, 0.5) is 0 Å². The lowest BCUT2D eigenvalue weighted by atomic mass is 9.80. The highest BCUT2D eigenvalue weighted by atomic mass is 16.5. The van der Waals surface area contributed by atoms with Crippen molar-refractivity contribution in [1.82, 2.24) is 20.0 Å². The zero-order valence-electron chi connectivity index (χ0n) is 16.2. The molecule has 2 aromatic rings. The third-order valence-electron chi connectivity index (χ3n) is 5.94. The Morgan fingerprint density at radius 1 is 1.25 bits per heavy atom. The minimum atomic E-state index is -1.29. The van der Waals surface area contributed by atoms with Gasteiger partial charge in [-0.1, -0.05) is 18.2 Å². The number of nitrogens with one attached hydrogen (secondary N) is 1. The fraction of sp³-hybridized carbons (Fsp3) is 0.400. The molecule has 1 aromatic carbocycles. The maximum Gasteiger partial charge on any atom is 0.326 e. The second-order valence-electron chi connectivity index (χ2n) is 7.56. The van der Waals surface area contributed by atoms with Gasteiger partial charge in [-0.3, -0.25) is 24.6 Å². The summed E-state index contributed by atoms with van der Waals surface area (Å²) in [5.74, 6) is -2.74. The molecule has 2 saturated heterocycles. The second kappa shape index (κ2) is 6.27. The third-order valence-corrected chi connectivity index (χ3v) is 5.94. The molecule has 4 rings (SSSR count). The van der Waals surface area contributed by atoms with Crippen LogP contribution in [0.15, 0.2) is 36.7 Å². The summed E-state index contributed by atoms with van der Waals surface area (Å²) < 4.78 is 6.67. The highest BCUT2D eigenvalue weighted by molar-refractivity contribution is 6.09. The predicted molar refractivity (Wildman–Crippen MR) is 99.4 cm³/mol. The van der Waals surface area contributed by atoms with Crippen molar-refractivity contribution in [3.63, 3.8) is 0 Å². The summed E-state index contributed by atoms with van der Waals surface area (Å²) in [5, 5.41) is 7.63. The Morgan fingerprint density at radius 3 is 2.64 bits per heavy atom. The number of amides is 2. The summed E-state index contributed by atoms with van der Waals surface area (Å²) in [6.07, 6.45) is 3.50. The number of carbonyl (C=O) groups is 3. The van der Waals surface area contributed by atoms with Gasteiger partial charge < -0.3 is 4.74 Å². The van der Waals surface area contributed by atoms with E-state index in [-0.39, 0.29) is 11.8 Å². The zero-order chi connectivity index (χ0) is 20.2. The number of aromatic nitrogens is 2. The van der Waals surface area contributed by atoms with Gasteiger partial charge in [0.05, 0.1) is 30.8 Å². The lowest BCUT2D eigenvalue weighted by Gasteiger charge is -2.27. The lowest BCUT2D eigenvalue weighted by Crippen LogP contribution is -2.53. The molecule has 0 unspecified atom stereocenters. The molecule has 0 bridgehead atoms. The summed E-state index contributed by atoms with van der Waals surface area (Å²) in [5.41, 5.74) is 1.43. The van der Waals surface area contributed by atoms with Gasteiger partial charge in [0.1, 0.15) is 5.54 Å². The van der Waals surface area contributed by atoms with Crippen LogP contribution in [-0.4, -0.2) is 52.2 Å². The quantitative estimate of drug-likeness (QED) is 0.629. The summed E-state index contributed by atoms with van der Waals surface area (Å²) in [6, 6.07) is 7.30. The predicted octanol–water partition coefficient (Wildman–Crippen LogP) is 0.988. The molecule has 2 aliphatic heterocycles. The van der Waals surface area contributed by atoms with Crippen molar-refractivity contribution in [3.05, 3.63) is 47.8 Å². The number of rotatable bonds is 3. The number of imide groups is 1. The molecule has 0 saturated carbocycles. The summed E-state index contributed by atoms with van der Waals surface area (Å²) in [4.78, 5) is 39.1. The molecular formula is C20H22N4O4. The number of fused-ring (bicyclic) bond motifs is 1. The van der Waals surface area contributed by atoms with Gasteiger partial charge in [-0.2, -0.15) is 5.10 Å². The Labute approximate surface area is 162 Å². The largest absolute Gasteiger partial charge is 0.468 e. The average molecular weight is 382 g/mol. The standard InChI is InChI=1S/C20H22N4O4/c1-11-7-5-6-8-13(11)24-10-12(9-21-24)16-14-15(18(26)23(3)17(14)25)20(2,22-16)19(27)28-4/h5-10,14-16,22H,1-4H3/t14-,15-,16-,20-/m0/s1. The molecule has 2 fully saturated rings. The number of ether oxygens (including phenoxy) is 1. The van der Waals surface area contributed by atoms with Crippen LogP contribution in [0.5, 0.6) is 0 Å². The van der Waals surface area contributed by atoms with Gasteiger partial charge in [-0.25, -0.2) is 4.68 Å². The molecular weight excluding hydrogens is 360 g/mol. The first-order chi connectivity index (χ1) is 13.3. The number of carbonyl (C=O) groups excluding carboxylic acids is 3. The van der Waals surface area contributed by atoms with Crippen molar-refractivity contribution < 1.29 is 19.1 Å². The molecule has 0 aliphatic carbocycles. The molecule has 0 spiro atoms. The summed E-state index contributed by atoms with van der Waals surface area (Å²) in [7, 11) is 2.73. The maximum atomic E-state index is 12.8. The van der Waals surface area contributed by atoms with Gasteiger partial charge in [0, 0.05) is 24.8 Å². The van der Waals surface area contributed by atoms with Crippen molar-refractivity contribution in [2.45, 2.75) is 25.4 Å². The third kappa shape index (κ3) is 2.41. The van der Waals surface area contributed by atoms with E-state index in [1.165, 1.54) is 14.2 Å². The second-order valence-corrected chi connectivity index (χ2v) is 7.56. The number of methoxy groups -OCH3 is 1. The van der Waals surface area contributed by atoms with Crippen LogP contribution in [0.3, 0.4) is 0 Å². The van der Waals surface area contributed by atoms with Crippen molar-refractivity contribution >= 4 is 17.8 Å². The molecule has 4 atom stereocenters. The van der Waals surface area contributed by atoms with Gasteiger partial charge in [0.25, 0.3) is 0 Å². The lowest BCUT2D eigenvalue weighted by molar-refractivity contribution is -0.152. The van der Waals surface area contributed by atoms with Gasteiger partial charge in [-0.05, 0) is 25.5 Å². The van der Waals surface area contributed by atoms with Crippen LogP contribution >= 0.6 is 0 Å². The van der Waals surface area contributed by atoms with Crippen molar-refractivity contribution in [3.8, 4) is 5.69 Å². The van der Waals surface area contributed by atoms with Gasteiger partial charge in [0.2, 0.25) is 11.8 Å². The number of likely N-dealkylation sites (tertiary alicyclic amines) is 1. The molecule has 146 valence electrons. The molecule has 8 nitrogen and oxygen atoms in total. The van der Waals surface area contributed by atoms with Gasteiger partial charge >= 0.3 is 5.97 Å². The number of nitrogens with zero attached hydrogens (tertiary/aromatic N) is 3. The van der Waals surface area contributed by atoms with E-state index < -0.39 is 29.4 Å². The first kappa shape index (κ1) is 18.4. The number of hydrogen-bond acceptors (Lipinski definition) is 6. The molecule has 2 aliphatic rings. The smallest absolute Gasteiger partial charge is 0.326 e. The summed E-state index contributed by atoms with van der Waals surface area (Å²) in [6.45, 7) is 3.61. The molecule has 3 heterocycles. The van der Waals surface area contributed by atoms with E-state index in [1.807, 2.05) is 37.4 Å². The van der Waals surface area contributed by atoms with Crippen molar-refractivity contribution in [1.29, 1.82) is 0 Å². The molecule has 2 amide bonds. The number of aryl methyl sites for hydroxylation is 1. The van der Waals surface area contributed by atoms with Crippen LogP contribution in [0.2, 0.25) is 0 Å². The SMILES string of the molecule is COC(=O)[C@@]1(C)N[C@@H](c2cnn(-c3ccccc3C)c2)[C@H]2C(=O)N(C)C(=O)[C@H]21. The van der Waals surface area contributed by atoms with E-state index in [0.717, 1.165) is 21.7 Å². The Morgan fingerprint density at radius 2 is 1.96 bits per heavy atom. The normalized spacial score (nSPS) is 29.3. The Kier molecular flexibility index (Phi) is 4.11. The van der Waals surface area contributed by atoms with Crippen LogP contribution < -0.4 is 5.32 Å². The van der Waals surface area contributed by atoms with Crippen molar-refractivity contribution in [2.24, 2.45) is 11.8 Å². The van der Waals surface area contributed by atoms with Gasteiger partial charge in [0.15, 0.2) is 0 Å². The fourth-order valence-corrected chi connectivity index (χ4v) is 4.42. The summed E-state index contributed by atoms with van der Waals surface area (Å²) >= 11 is 0. The molecule has 1 N–H and O–H groups in total. The number of para-hydroxylation sites is 1. The first-order valence-electron chi connectivity index (χ1n) is 9.07. The van der Waals surface area contributed by atoms with Crippen LogP contribution in [-0.2, 0) is 19.1 Å². The van der Waals surface area contributed by atoms with E-state index in [0.29, 0.717) is 0 Å². The highest BCUT2D eigenvalue weighted by Crippen LogP contribution is 2.48. The number of benzene rings is 1. The minimum absolute atomic E-state index is 0.302. The van der Waals surface area contributed by atoms with E-state index >= 15 is 0 Å². The monoisotopic (exact) mass is 382 g/mol. The zero-order valence-corrected chi connectivity index (χ0v) is 16.2. The van der Waals surface area contributed by atoms with Gasteiger partial charge in [-0.15, -0.1) is 0 Å². The Bertz CT molecular complexity index is 984. The van der Waals surface area contributed by atoms with Crippen LogP contribution in [0.25, 0.3) is 5.69 Å². The average Bonchev–Trinajstić information content (AvgIpc) is 3.34.